The molecule has 0 radical (unpaired) electrons. The molecular weight excluding hydrogens is 500 g/mol. The van der Waals surface area contributed by atoms with E-state index in [1.54, 1.807) is 25.3 Å². The summed E-state index contributed by atoms with van der Waals surface area (Å²) in [5, 5.41) is 8.34. The Kier molecular flexibility index (Phi) is 10.2. The minimum atomic E-state index is -0.908. The van der Waals surface area contributed by atoms with Gasteiger partial charge in [-0.2, -0.15) is 0 Å². The predicted molar refractivity (Wildman–Crippen MR) is 145 cm³/mol. The van der Waals surface area contributed by atoms with Crippen LogP contribution in [-0.4, -0.2) is 89.1 Å². The van der Waals surface area contributed by atoms with Crippen molar-refractivity contribution in [1.82, 2.24) is 30.7 Å². The van der Waals surface area contributed by atoms with Crippen molar-refractivity contribution in [1.29, 1.82) is 0 Å². The lowest BCUT2D eigenvalue weighted by molar-refractivity contribution is -0.142. The van der Waals surface area contributed by atoms with Gasteiger partial charge in [0.15, 0.2) is 0 Å². The van der Waals surface area contributed by atoms with Crippen molar-refractivity contribution in [2.75, 3.05) is 26.7 Å². The number of likely N-dealkylation sites (N-methyl/N-ethyl adjacent to an activating group) is 1. The molecule has 210 valence electrons. The van der Waals surface area contributed by atoms with Crippen LogP contribution in [0.3, 0.4) is 0 Å². The van der Waals surface area contributed by atoms with E-state index in [1.165, 1.54) is 16.8 Å². The highest BCUT2D eigenvalue weighted by Gasteiger charge is 2.33. The average Bonchev–Trinajstić information content (AvgIpc) is 3.45. The van der Waals surface area contributed by atoms with Gasteiger partial charge in [-0.1, -0.05) is 44.2 Å². The second-order valence-corrected chi connectivity index (χ2v) is 10.2. The van der Waals surface area contributed by atoms with Crippen molar-refractivity contribution >= 4 is 29.5 Å². The summed E-state index contributed by atoms with van der Waals surface area (Å²) in [5.41, 5.74) is 1.15. The van der Waals surface area contributed by atoms with Crippen LogP contribution in [0.1, 0.15) is 43.2 Å². The summed E-state index contributed by atoms with van der Waals surface area (Å²) >= 11 is 0. The summed E-state index contributed by atoms with van der Waals surface area (Å²) in [6.07, 6.45) is 2.20. The second kappa shape index (κ2) is 13.6. The number of carbonyl (C=O) groups is 5. The molecule has 1 aliphatic rings. The van der Waals surface area contributed by atoms with Gasteiger partial charge in [-0.3, -0.25) is 24.0 Å². The molecule has 0 spiro atoms. The first-order chi connectivity index (χ1) is 18.6. The summed E-state index contributed by atoms with van der Waals surface area (Å²) in [5.74, 6) is -2.20. The van der Waals surface area contributed by atoms with Crippen LogP contribution in [0, 0.1) is 5.92 Å². The van der Waals surface area contributed by atoms with Crippen molar-refractivity contribution < 1.29 is 24.0 Å². The van der Waals surface area contributed by atoms with Crippen molar-refractivity contribution in [3.05, 3.63) is 59.9 Å². The number of hydrogen-bond acceptors (Lipinski definition) is 5. The van der Waals surface area contributed by atoms with Gasteiger partial charge < -0.3 is 30.7 Å². The molecule has 1 saturated heterocycles. The molecule has 1 aromatic carbocycles. The standard InChI is InChI=1S/C28H38N6O5/c1-18(2)15-23-27(38)33(4)19(3)25(36)32-22(16-20-9-6-5-7-10-20)26(37)30-13-14-34(17-24(35)31-23)28(39)21-11-8-12-29-21/h5-12,18-19,22-23,29H,13-17H2,1-4H3,(H,30,37)(H,31,35)(H,32,36)/t19-,22-,23-/m0/s1. The number of amides is 5. The zero-order valence-corrected chi connectivity index (χ0v) is 22.9. The van der Waals surface area contributed by atoms with Crippen LogP contribution >= 0.6 is 0 Å². The monoisotopic (exact) mass is 538 g/mol. The molecule has 11 heteroatoms. The van der Waals surface area contributed by atoms with E-state index in [-0.39, 0.29) is 32.0 Å². The van der Waals surface area contributed by atoms with Crippen molar-refractivity contribution in [2.45, 2.75) is 51.7 Å². The molecule has 0 bridgehead atoms. The SMILES string of the molecule is CC(C)C[C@@H]1NC(=O)CN(C(=O)c2ccc[nH]2)CCNC(=O)[C@H](Cc2ccccc2)NC(=O)[C@H](C)N(C)C1=O. The maximum Gasteiger partial charge on any atom is 0.270 e. The third kappa shape index (κ3) is 8.17. The maximum absolute atomic E-state index is 13.4. The molecule has 3 atom stereocenters. The highest BCUT2D eigenvalue weighted by molar-refractivity contribution is 5.97. The van der Waals surface area contributed by atoms with Crippen molar-refractivity contribution in [3.8, 4) is 0 Å². The number of carbonyl (C=O) groups excluding carboxylic acids is 5. The number of nitrogens with zero attached hydrogens (tertiary/aromatic N) is 2. The van der Waals surface area contributed by atoms with Gasteiger partial charge in [0.2, 0.25) is 23.6 Å². The van der Waals surface area contributed by atoms with E-state index in [0.717, 1.165) is 5.56 Å². The van der Waals surface area contributed by atoms with E-state index >= 15 is 0 Å². The third-order valence-electron chi connectivity index (χ3n) is 6.70. The minimum absolute atomic E-state index is 0.0438. The number of benzene rings is 1. The van der Waals surface area contributed by atoms with Crippen LogP contribution < -0.4 is 16.0 Å². The molecule has 2 heterocycles. The lowest BCUT2D eigenvalue weighted by Gasteiger charge is -2.30. The van der Waals surface area contributed by atoms with Gasteiger partial charge in [0, 0.05) is 32.8 Å². The summed E-state index contributed by atoms with van der Waals surface area (Å²) in [7, 11) is 1.50. The lowest BCUT2D eigenvalue weighted by Crippen LogP contribution is -2.57. The quantitative estimate of drug-likeness (QED) is 0.443. The molecule has 3 rings (SSSR count). The molecule has 0 saturated carbocycles. The Bertz CT molecular complexity index is 1150. The van der Waals surface area contributed by atoms with Crippen LogP contribution in [0.15, 0.2) is 48.7 Å². The van der Waals surface area contributed by atoms with Crippen LogP contribution in [0.25, 0.3) is 0 Å². The summed E-state index contributed by atoms with van der Waals surface area (Å²) in [4.78, 5) is 71.4. The van der Waals surface area contributed by atoms with Gasteiger partial charge in [0.1, 0.15) is 23.8 Å². The Morgan fingerprint density at radius 3 is 2.33 bits per heavy atom. The van der Waals surface area contributed by atoms with E-state index in [4.69, 9.17) is 0 Å². The molecule has 39 heavy (non-hydrogen) atoms. The molecule has 4 N–H and O–H groups in total. The smallest absolute Gasteiger partial charge is 0.270 e. The number of H-pyrrole nitrogens is 1. The molecule has 1 aromatic heterocycles. The molecule has 2 aromatic rings. The van der Waals surface area contributed by atoms with Gasteiger partial charge in [-0.25, -0.2) is 0 Å². The Labute approximate surface area is 228 Å². The highest BCUT2D eigenvalue weighted by Crippen LogP contribution is 2.12. The Morgan fingerprint density at radius 2 is 1.69 bits per heavy atom. The van der Waals surface area contributed by atoms with Gasteiger partial charge in [-0.05, 0) is 37.0 Å². The van der Waals surface area contributed by atoms with Gasteiger partial charge in [-0.15, -0.1) is 0 Å². The minimum Gasteiger partial charge on any atom is -0.357 e. The normalized spacial score (nSPS) is 22.0. The number of rotatable bonds is 5. The zero-order chi connectivity index (χ0) is 28.5. The highest BCUT2D eigenvalue weighted by atomic mass is 16.2. The molecule has 1 fully saturated rings. The van der Waals surface area contributed by atoms with E-state index in [2.05, 4.69) is 20.9 Å². The zero-order valence-electron chi connectivity index (χ0n) is 22.9. The van der Waals surface area contributed by atoms with Gasteiger partial charge >= 0.3 is 0 Å². The second-order valence-electron chi connectivity index (χ2n) is 10.2. The fourth-order valence-corrected chi connectivity index (χ4v) is 4.39. The first-order valence-electron chi connectivity index (χ1n) is 13.2. The predicted octanol–water partition coefficient (Wildman–Crippen LogP) is 0.692. The Morgan fingerprint density at radius 1 is 0.974 bits per heavy atom. The molecule has 11 nitrogen and oxygen atoms in total. The van der Waals surface area contributed by atoms with E-state index in [1.807, 2.05) is 44.2 Å². The Balaban J connectivity index is 1.92. The third-order valence-corrected chi connectivity index (χ3v) is 6.70. The number of aromatic nitrogens is 1. The van der Waals surface area contributed by atoms with Crippen molar-refractivity contribution in [3.63, 3.8) is 0 Å². The molecule has 5 amide bonds. The molecule has 1 aliphatic heterocycles. The van der Waals surface area contributed by atoms with Gasteiger partial charge in [0.05, 0.1) is 6.54 Å². The lowest BCUT2D eigenvalue weighted by atomic mass is 10.0. The molecule has 0 unspecified atom stereocenters. The number of nitrogens with one attached hydrogen (secondary N) is 4. The first kappa shape index (κ1) is 29.4. The van der Waals surface area contributed by atoms with E-state index in [9.17, 15) is 24.0 Å². The van der Waals surface area contributed by atoms with Crippen LogP contribution in [0.4, 0.5) is 0 Å². The fourth-order valence-electron chi connectivity index (χ4n) is 4.39. The van der Waals surface area contributed by atoms with Crippen LogP contribution in [0.2, 0.25) is 0 Å². The van der Waals surface area contributed by atoms with Crippen LogP contribution in [-0.2, 0) is 25.6 Å². The van der Waals surface area contributed by atoms with Gasteiger partial charge in [0.25, 0.3) is 5.91 Å². The van der Waals surface area contributed by atoms with Crippen molar-refractivity contribution in [2.24, 2.45) is 5.92 Å². The first-order valence-corrected chi connectivity index (χ1v) is 13.2. The molecule has 0 aliphatic carbocycles. The maximum atomic E-state index is 13.4. The molecular formula is C28H38N6O5. The number of hydrogen-bond donors (Lipinski definition) is 4. The van der Waals surface area contributed by atoms with Crippen LogP contribution in [0.5, 0.6) is 0 Å². The topological polar surface area (TPSA) is 144 Å². The number of aromatic amines is 1. The average molecular weight is 539 g/mol. The Hall–Kier alpha value is -4.15. The van der Waals surface area contributed by atoms with E-state index in [0.29, 0.717) is 12.1 Å². The summed E-state index contributed by atoms with van der Waals surface area (Å²) < 4.78 is 0. The fraction of sp³-hybridized carbons (Fsp3) is 0.464. The van der Waals surface area contributed by atoms with E-state index < -0.39 is 47.7 Å². The largest absolute Gasteiger partial charge is 0.357 e. The summed E-state index contributed by atoms with van der Waals surface area (Å²) in [6, 6.07) is 9.86. The summed E-state index contributed by atoms with van der Waals surface area (Å²) in [6.45, 7) is 5.23.